The maximum atomic E-state index is 13.3. The summed E-state index contributed by atoms with van der Waals surface area (Å²) in [4.78, 5) is 26.4. The largest absolute Gasteiger partial charge is 0.478 e. The molecule has 4 bridgehead atoms. The molecule has 0 atom stereocenters. The lowest BCUT2D eigenvalue weighted by Crippen LogP contribution is -2.61. The molecule has 0 heterocycles. The van der Waals surface area contributed by atoms with Gasteiger partial charge >= 0.3 is 12.1 Å². The van der Waals surface area contributed by atoms with Crippen molar-refractivity contribution in [3.8, 4) is 0 Å². The smallest absolute Gasteiger partial charge is 0.411 e. The Morgan fingerprint density at radius 1 is 1.04 bits per heavy atom. The minimum absolute atomic E-state index is 0.109. The number of ether oxygens (including phenoxy) is 1. The standard InChI is InChI=1S/C23H31NO4/c1-22(2,3)28-21(27)24(14-15-4-6-19(7-5-15)20(25)26)23-11-16-8-17(12-23)10-18(9-16)13-23/h4-7,16-18H,8-14H2,1-3H3,(H,25,26). The number of aromatic carboxylic acids is 1. The van der Waals surface area contributed by atoms with Crippen LogP contribution in [-0.4, -0.2) is 33.2 Å². The molecule has 4 fully saturated rings. The molecule has 152 valence electrons. The van der Waals surface area contributed by atoms with E-state index in [4.69, 9.17) is 9.84 Å². The van der Waals surface area contributed by atoms with Crippen LogP contribution >= 0.6 is 0 Å². The van der Waals surface area contributed by atoms with Gasteiger partial charge in [-0.3, -0.25) is 4.90 Å². The molecule has 0 aromatic heterocycles. The van der Waals surface area contributed by atoms with Crippen molar-refractivity contribution in [3.63, 3.8) is 0 Å². The lowest BCUT2D eigenvalue weighted by atomic mass is 9.52. The lowest BCUT2D eigenvalue weighted by molar-refractivity contribution is -0.0933. The summed E-state index contributed by atoms with van der Waals surface area (Å²) in [5, 5.41) is 9.14. The molecule has 4 aliphatic carbocycles. The van der Waals surface area contributed by atoms with Gasteiger partial charge in [-0.05, 0) is 94.7 Å². The molecule has 5 rings (SSSR count). The monoisotopic (exact) mass is 385 g/mol. The lowest BCUT2D eigenvalue weighted by Gasteiger charge is -2.60. The summed E-state index contributed by atoms with van der Waals surface area (Å²) in [5.74, 6) is 1.25. The molecule has 0 unspecified atom stereocenters. The third-order valence-corrected chi connectivity index (χ3v) is 6.73. The summed E-state index contributed by atoms with van der Waals surface area (Å²) < 4.78 is 5.82. The normalized spacial score (nSPS) is 30.9. The molecule has 1 amide bonds. The van der Waals surface area contributed by atoms with Gasteiger partial charge in [-0.1, -0.05) is 12.1 Å². The molecule has 4 saturated carbocycles. The average Bonchev–Trinajstić information content (AvgIpc) is 2.57. The van der Waals surface area contributed by atoms with Crippen LogP contribution in [0.1, 0.15) is 75.2 Å². The van der Waals surface area contributed by atoms with E-state index in [0.717, 1.165) is 42.6 Å². The van der Waals surface area contributed by atoms with Crippen LogP contribution in [0.25, 0.3) is 0 Å². The fraction of sp³-hybridized carbons (Fsp3) is 0.652. The highest BCUT2D eigenvalue weighted by atomic mass is 16.6. The van der Waals surface area contributed by atoms with Gasteiger partial charge in [0.15, 0.2) is 0 Å². The van der Waals surface area contributed by atoms with Gasteiger partial charge in [-0.25, -0.2) is 9.59 Å². The number of hydrogen-bond acceptors (Lipinski definition) is 3. The van der Waals surface area contributed by atoms with Gasteiger partial charge < -0.3 is 9.84 Å². The third kappa shape index (κ3) is 3.76. The maximum absolute atomic E-state index is 13.3. The predicted molar refractivity (Wildman–Crippen MR) is 106 cm³/mol. The summed E-state index contributed by atoms with van der Waals surface area (Å²) in [6.45, 7) is 6.19. The first kappa shape index (κ1) is 19.3. The zero-order valence-electron chi connectivity index (χ0n) is 17.1. The Labute approximate surface area is 167 Å². The summed E-state index contributed by atoms with van der Waals surface area (Å²) in [6, 6.07) is 6.87. The molecule has 28 heavy (non-hydrogen) atoms. The van der Waals surface area contributed by atoms with Crippen molar-refractivity contribution in [2.45, 2.75) is 77.0 Å². The van der Waals surface area contributed by atoms with E-state index in [9.17, 15) is 9.59 Å². The maximum Gasteiger partial charge on any atom is 0.411 e. The van der Waals surface area contributed by atoms with E-state index in [1.807, 2.05) is 37.8 Å². The van der Waals surface area contributed by atoms with Crippen molar-refractivity contribution >= 4 is 12.1 Å². The number of benzene rings is 1. The van der Waals surface area contributed by atoms with Gasteiger partial charge in [-0.15, -0.1) is 0 Å². The van der Waals surface area contributed by atoms with Crippen molar-refractivity contribution in [3.05, 3.63) is 35.4 Å². The summed E-state index contributed by atoms with van der Waals surface area (Å²) >= 11 is 0. The molecule has 1 N–H and O–H groups in total. The number of rotatable bonds is 4. The SMILES string of the molecule is CC(C)(C)OC(=O)N(Cc1ccc(C(=O)O)cc1)C12CC3CC(CC(C3)C1)C2. The Balaban J connectivity index is 1.62. The van der Waals surface area contributed by atoms with E-state index in [1.54, 1.807) is 12.1 Å². The Bertz CT molecular complexity index is 727. The highest BCUT2D eigenvalue weighted by Crippen LogP contribution is 2.58. The van der Waals surface area contributed by atoms with Gasteiger partial charge in [0.05, 0.1) is 5.56 Å². The number of amides is 1. The van der Waals surface area contributed by atoms with Crippen molar-refractivity contribution in [1.82, 2.24) is 4.90 Å². The molecule has 0 spiro atoms. The molecule has 0 radical (unpaired) electrons. The van der Waals surface area contributed by atoms with Crippen molar-refractivity contribution in [2.24, 2.45) is 17.8 Å². The minimum Gasteiger partial charge on any atom is -0.478 e. The summed E-state index contributed by atoms with van der Waals surface area (Å²) in [5.41, 5.74) is 0.571. The van der Waals surface area contributed by atoms with Gasteiger partial charge in [-0.2, -0.15) is 0 Å². The Hall–Kier alpha value is -2.04. The topological polar surface area (TPSA) is 66.8 Å². The Morgan fingerprint density at radius 2 is 1.54 bits per heavy atom. The molecule has 0 aliphatic heterocycles. The average molecular weight is 386 g/mol. The number of carboxylic acid groups (broad SMARTS) is 1. The Kier molecular flexibility index (Phi) is 4.67. The highest BCUT2D eigenvalue weighted by molar-refractivity contribution is 5.87. The predicted octanol–water partition coefficient (Wildman–Crippen LogP) is 5.09. The van der Waals surface area contributed by atoms with Crippen LogP contribution in [-0.2, 0) is 11.3 Å². The van der Waals surface area contributed by atoms with Gasteiger partial charge in [0, 0.05) is 12.1 Å². The highest BCUT2D eigenvalue weighted by Gasteiger charge is 2.55. The van der Waals surface area contributed by atoms with Gasteiger partial charge in [0.25, 0.3) is 0 Å². The molecule has 1 aromatic rings. The van der Waals surface area contributed by atoms with E-state index in [2.05, 4.69) is 0 Å². The van der Waals surface area contributed by atoms with Crippen LogP contribution in [0.3, 0.4) is 0 Å². The van der Waals surface area contributed by atoms with Crippen molar-refractivity contribution < 1.29 is 19.4 Å². The first-order valence-electron chi connectivity index (χ1n) is 10.5. The fourth-order valence-electron chi connectivity index (χ4n) is 6.07. The molecule has 5 nitrogen and oxygen atoms in total. The van der Waals surface area contributed by atoms with Crippen LogP contribution < -0.4 is 0 Å². The second-order valence-corrected chi connectivity index (χ2v) is 10.2. The second kappa shape index (κ2) is 6.78. The quantitative estimate of drug-likeness (QED) is 0.784. The zero-order valence-corrected chi connectivity index (χ0v) is 17.1. The van der Waals surface area contributed by atoms with E-state index in [-0.39, 0.29) is 17.2 Å². The van der Waals surface area contributed by atoms with E-state index < -0.39 is 11.6 Å². The molecule has 0 saturated heterocycles. The third-order valence-electron chi connectivity index (χ3n) is 6.73. The fourth-order valence-corrected chi connectivity index (χ4v) is 6.07. The van der Waals surface area contributed by atoms with E-state index in [0.29, 0.717) is 6.54 Å². The second-order valence-electron chi connectivity index (χ2n) is 10.2. The number of nitrogens with zero attached hydrogens (tertiary/aromatic N) is 1. The zero-order chi connectivity index (χ0) is 20.1. The van der Waals surface area contributed by atoms with Crippen LogP contribution in [0.15, 0.2) is 24.3 Å². The van der Waals surface area contributed by atoms with Gasteiger partial charge in [0.1, 0.15) is 5.60 Å². The number of hydrogen-bond donors (Lipinski definition) is 1. The first-order chi connectivity index (χ1) is 13.1. The van der Waals surface area contributed by atoms with E-state index >= 15 is 0 Å². The van der Waals surface area contributed by atoms with Crippen molar-refractivity contribution in [2.75, 3.05) is 0 Å². The van der Waals surface area contributed by atoms with Crippen LogP contribution in [0, 0.1) is 17.8 Å². The first-order valence-corrected chi connectivity index (χ1v) is 10.5. The number of carboxylic acids is 1. The van der Waals surface area contributed by atoms with Gasteiger partial charge in [0.2, 0.25) is 0 Å². The van der Waals surface area contributed by atoms with Crippen LogP contribution in [0.2, 0.25) is 0 Å². The molecular weight excluding hydrogens is 354 g/mol. The molecule has 5 heteroatoms. The summed E-state index contributed by atoms with van der Waals surface area (Å²) in [7, 11) is 0. The molecule has 4 aliphatic rings. The summed E-state index contributed by atoms with van der Waals surface area (Å²) in [6.07, 6.45) is 6.93. The molecular formula is C23H31NO4. The Morgan fingerprint density at radius 3 is 1.96 bits per heavy atom. The van der Waals surface area contributed by atoms with E-state index in [1.165, 1.54) is 19.3 Å². The van der Waals surface area contributed by atoms with Crippen molar-refractivity contribution in [1.29, 1.82) is 0 Å². The minimum atomic E-state index is -0.934. The molecule has 1 aromatic carbocycles. The van der Waals surface area contributed by atoms with Crippen LogP contribution in [0.4, 0.5) is 4.79 Å². The number of carbonyl (C=O) groups excluding carboxylic acids is 1. The number of carbonyl (C=O) groups is 2. The van der Waals surface area contributed by atoms with Crippen LogP contribution in [0.5, 0.6) is 0 Å².